The average Bonchev–Trinajstić information content (AvgIpc) is 3.38. The summed E-state index contributed by atoms with van der Waals surface area (Å²) in [6.45, 7) is 5.56. The molecule has 1 aliphatic carbocycles. The molecule has 202 valence electrons. The Hall–Kier alpha value is -3.07. The minimum absolute atomic E-state index is 0.111. The van der Waals surface area contributed by atoms with E-state index in [1.54, 1.807) is 38.3 Å². The maximum atomic E-state index is 13.7. The van der Waals surface area contributed by atoms with Crippen LogP contribution in [0.2, 0.25) is 0 Å². The molecule has 2 amide bonds. The monoisotopic (exact) mass is 529 g/mol. The van der Waals surface area contributed by atoms with Gasteiger partial charge in [0.2, 0.25) is 21.8 Å². The predicted octanol–water partition coefficient (Wildman–Crippen LogP) is 4.06. The fraction of sp³-hybridized carbons (Fsp3) is 0.500. The summed E-state index contributed by atoms with van der Waals surface area (Å²) in [5, 5.41) is 3.07. The van der Waals surface area contributed by atoms with Crippen molar-refractivity contribution in [1.29, 1.82) is 0 Å². The van der Waals surface area contributed by atoms with Crippen LogP contribution in [-0.2, 0) is 26.2 Å². The van der Waals surface area contributed by atoms with Gasteiger partial charge in [0, 0.05) is 12.6 Å². The third kappa shape index (κ3) is 7.71. The normalized spacial score (nSPS) is 14.9. The highest BCUT2D eigenvalue weighted by Gasteiger charge is 2.31. The van der Waals surface area contributed by atoms with Gasteiger partial charge in [0.15, 0.2) is 0 Å². The molecule has 1 saturated carbocycles. The molecule has 0 spiro atoms. The number of sulfonamides is 1. The molecule has 1 N–H and O–H groups in total. The number of hydrogen-bond acceptors (Lipinski definition) is 5. The van der Waals surface area contributed by atoms with E-state index in [-0.39, 0.29) is 18.5 Å². The summed E-state index contributed by atoms with van der Waals surface area (Å²) >= 11 is 0. The Balaban J connectivity index is 1.87. The molecule has 0 bridgehead atoms. The second kappa shape index (κ2) is 12.4. The number of anilines is 1. The van der Waals surface area contributed by atoms with Crippen LogP contribution < -0.4 is 14.4 Å². The molecule has 9 heteroatoms. The van der Waals surface area contributed by atoms with Crippen LogP contribution in [0.15, 0.2) is 48.5 Å². The first-order valence-corrected chi connectivity index (χ1v) is 14.6. The molecule has 1 atom stereocenters. The first kappa shape index (κ1) is 28.5. The smallest absolute Gasteiger partial charge is 0.244 e. The van der Waals surface area contributed by atoms with Crippen molar-refractivity contribution in [3.8, 4) is 5.75 Å². The Bertz CT molecular complexity index is 1160. The van der Waals surface area contributed by atoms with Crippen LogP contribution in [0.4, 0.5) is 5.69 Å². The number of carbonyl (C=O) groups is 2. The number of ether oxygens (including phenoxy) is 1. The summed E-state index contributed by atoms with van der Waals surface area (Å²) in [6.07, 6.45) is 5.10. The Morgan fingerprint density at radius 3 is 2.11 bits per heavy atom. The minimum atomic E-state index is -3.76. The zero-order valence-corrected chi connectivity index (χ0v) is 23.3. The lowest BCUT2D eigenvalue weighted by Crippen LogP contribution is -2.52. The SMILES string of the molecule is COc1ccc(CN(C(=O)CN(c2ccc(C(C)C)cc2)S(C)(=O)=O)C(C)C(=O)NC2CCCC2)cc1. The highest BCUT2D eigenvalue weighted by molar-refractivity contribution is 7.92. The molecule has 1 fully saturated rings. The Morgan fingerprint density at radius 1 is 1.00 bits per heavy atom. The van der Waals surface area contributed by atoms with E-state index in [4.69, 9.17) is 4.74 Å². The van der Waals surface area contributed by atoms with Gasteiger partial charge in [-0.05, 0) is 61.1 Å². The summed E-state index contributed by atoms with van der Waals surface area (Å²) in [5.41, 5.74) is 2.29. The molecule has 0 radical (unpaired) electrons. The number of nitrogens with zero attached hydrogens (tertiary/aromatic N) is 2. The lowest BCUT2D eigenvalue weighted by Gasteiger charge is -2.32. The molecular weight excluding hydrogens is 490 g/mol. The quantitative estimate of drug-likeness (QED) is 0.474. The molecule has 3 rings (SSSR count). The van der Waals surface area contributed by atoms with Crippen LogP contribution in [0.25, 0.3) is 0 Å². The molecular formula is C28H39N3O5S. The molecule has 8 nitrogen and oxygen atoms in total. The standard InChI is InChI=1S/C28H39N3O5S/c1-20(2)23-12-14-25(15-13-23)31(37(5,34)35)19-27(32)30(18-22-10-16-26(36-4)17-11-22)21(3)28(33)29-24-8-6-7-9-24/h10-17,20-21,24H,6-9,18-19H2,1-5H3,(H,29,33). The summed E-state index contributed by atoms with van der Waals surface area (Å²) in [7, 11) is -2.18. The molecule has 0 heterocycles. The van der Waals surface area contributed by atoms with E-state index in [0.29, 0.717) is 17.4 Å². The van der Waals surface area contributed by atoms with Gasteiger partial charge in [0.25, 0.3) is 0 Å². The zero-order valence-electron chi connectivity index (χ0n) is 22.4. The van der Waals surface area contributed by atoms with E-state index in [0.717, 1.165) is 47.4 Å². The van der Waals surface area contributed by atoms with Gasteiger partial charge in [-0.25, -0.2) is 8.42 Å². The molecule has 0 saturated heterocycles. The third-order valence-corrected chi connectivity index (χ3v) is 8.05. The van der Waals surface area contributed by atoms with E-state index in [1.807, 2.05) is 24.3 Å². The van der Waals surface area contributed by atoms with Crippen molar-refractivity contribution in [2.24, 2.45) is 0 Å². The van der Waals surface area contributed by atoms with Crippen molar-refractivity contribution in [3.05, 3.63) is 59.7 Å². The van der Waals surface area contributed by atoms with Crippen LogP contribution in [0, 0.1) is 0 Å². The third-order valence-electron chi connectivity index (χ3n) is 6.91. The van der Waals surface area contributed by atoms with E-state index in [1.165, 1.54) is 4.90 Å². The predicted molar refractivity (Wildman–Crippen MR) is 146 cm³/mol. The fourth-order valence-electron chi connectivity index (χ4n) is 4.54. The number of amides is 2. The highest BCUT2D eigenvalue weighted by atomic mass is 32.2. The largest absolute Gasteiger partial charge is 0.497 e. The second-order valence-electron chi connectivity index (χ2n) is 10.1. The van der Waals surface area contributed by atoms with Gasteiger partial charge in [-0.3, -0.25) is 13.9 Å². The van der Waals surface area contributed by atoms with Gasteiger partial charge < -0.3 is 15.0 Å². The number of benzene rings is 2. The number of nitrogens with one attached hydrogen (secondary N) is 1. The van der Waals surface area contributed by atoms with E-state index in [2.05, 4.69) is 19.2 Å². The molecule has 2 aromatic rings. The lowest BCUT2D eigenvalue weighted by atomic mass is 10.0. The number of methoxy groups -OCH3 is 1. The molecule has 37 heavy (non-hydrogen) atoms. The lowest BCUT2D eigenvalue weighted by molar-refractivity contribution is -0.139. The Labute approximate surface area is 221 Å². The Kier molecular flexibility index (Phi) is 9.59. The van der Waals surface area contributed by atoms with Crippen molar-refractivity contribution in [2.75, 3.05) is 24.2 Å². The molecule has 0 aliphatic heterocycles. The Morgan fingerprint density at radius 2 is 1.59 bits per heavy atom. The van der Waals surface area contributed by atoms with Gasteiger partial charge in [0.1, 0.15) is 18.3 Å². The van der Waals surface area contributed by atoms with Crippen molar-refractivity contribution < 1.29 is 22.7 Å². The van der Waals surface area contributed by atoms with Crippen LogP contribution in [0.1, 0.15) is 63.5 Å². The molecule has 0 aromatic heterocycles. The number of carbonyl (C=O) groups excluding carboxylic acids is 2. The first-order chi connectivity index (χ1) is 17.5. The van der Waals surface area contributed by atoms with Crippen molar-refractivity contribution in [1.82, 2.24) is 10.2 Å². The maximum Gasteiger partial charge on any atom is 0.244 e. The second-order valence-corrected chi connectivity index (χ2v) is 12.0. The summed E-state index contributed by atoms with van der Waals surface area (Å²) in [5.74, 6) is 0.285. The molecule has 2 aromatic carbocycles. The van der Waals surface area contributed by atoms with E-state index < -0.39 is 28.5 Å². The molecule has 1 aliphatic rings. The van der Waals surface area contributed by atoms with Crippen LogP contribution >= 0.6 is 0 Å². The summed E-state index contributed by atoms with van der Waals surface area (Å²) < 4.78 is 31.8. The van der Waals surface area contributed by atoms with Crippen LogP contribution in [0.5, 0.6) is 5.75 Å². The van der Waals surface area contributed by atoms with Gasteiger partial charge in [-0.1, -0.05) is 51.0 Å². The van der Waals surface area contributed by atoms with Gasteiger partial charge in [-0.15, -0.1) is 0 Å². The highest BCUT2D eigenvalue weighted by Crippen LogP contribution is 2.23. The van der Waals surface area contributed by atoms with Gasteiger partial charge in [-0.2, -0.15) is 0 Å². The van der Waals surface area contributed by atoms with E-state index >= 15 is 0 Å². The summed E-state index contributed by atoms with van der Waals surface area (Å²) in [6, 6.07) is 13.8. The molecule has 1 unspecified atom stereocenters. The van der Waals surface area contributed by atoms with Gasteiger partial charge >= 0.3 is 0 Å². The van der Waals surface area contributed by atoms with Crippen LogP contribution in [0.3, 0.4) is 0 Å². The van der Waals surface area contributed by atoms with Crippen molar-refractivity contribution in [3.63, 3.8) is 0 Å². The average molecular weight is 530 g/mol. The van der Waals surface area contributed by atoms with Crippen molar-refractivity contribution in [2.45, 2.75) is 71.0 Å². The first-order valence-electron chi connectivity index (χ1n) is 12.8. The summed E-state index contributed by atoms with van der Waals surface area (Å²) in [4.78, 5) is 28.3. The minimum Gasteiger partial charge on any atom is -0.497 e. The fourth-order valence-corrected chi connectivity index (χ4v) is 5.39. The van der Waals surface area contributed by atoms with Crippen LogP contribution in [-0.4, -0.2) is 57.1 Å². The number of hydrogen-bond donors (Lipinski definition) is 1. The van der Waals surface area contributed by atoms with Crippen molar-refractivity contribution >= 4 is 27.5 Å². The maximum absolute atomic E-state index is 13.7. The number of rotatable bonds is 11. The van der Waals surface area contributed by atoms with Gasteiger partial charge in [0.05, 0.1) is 19.1 Å². The van der Waals surface area contributed by atoms with E-state index in [9.17, 15) is 18.0 Å². The topological polar surface area (TPSA) is 96.0 Å². The zero-order chi connectivity index (χ0) is 27.2.